The summed E-state index contributed by atoms with van der Waals surface area (Å²) in [5.41, 5.74) is 5.29. The SMILES string of the molecule is CCOCCCNC(=O)C1(N)CCOCC1. The molecule has 1 heterocycles. The second-order valence-corrected chi connectivity index (χ2v) is 4.07. The number of nitrogens with one attached hydrogen (secondary N) is 1. The molecule has 0 atom stereocenters. The maximum atomic E-state index is 11.8. The molecule has 3 N–H and O–H groups in total. The van der Waals surface area contributed by atoms with Crippen LogP contribution < -0.4 is 11.1 Å². The fraction of sp³-hybridized carbons (Fsp3) is 0.909. The fourth-order valence-corrected chi connectivity index (χ4v) is 1.66. The highest BCUT2D eigenvalue weighted by atomic mass is 16.5. The monoisotopic (exact) mass is 230 g/mol. The van der Waals surface area contributed by atoms with Crippen molar-refractivity contribution in [1.29, 1.82) is 0 Å². The minimum atomic E-state index is -0.732. The average molecular weight is 230 g/mol. The van der Waals surface area contributed by atoms with Gasteiger partial charge in [-0.2, -0.15) is 0 Å². The van der Waals surface area contributed by atoms with Gasteiger partial charge in [-0.3, -0.25) is 4.79 Å². The van der Waals surface area contributed by atoms with Gasteiger partial charge >= 0.3 is 0 Å². The molecule has 1 rings (SSSR count). The molecule has 5 nitrogen and oxygen atoms in total. The number of hydrogen-bond donors (Lipinski definition) is 2. The molecule has 1 aliphatic heterocycles. The number of amides is 1. The van der Waals surface area contributed by atoms with E-state index < -0.39 is 5.54 Å². The summed E-state index contributed by atoms with van der Waals surface area (Å²) in [6.07, 6.45) is 2.03. The number of carbonyl (C=O) groups excluding carboxylic acids is 1. The van der Waals surface area contributed by atoms with Crippen LogP contribution in [0.3, 0.4) is 0 Å². The van der Waals surface area contributed by atoms with Crippen molar-refractivity contribution in [3.63, 3.8) is 0 Å². The average Bonchev–Trinajstić information content (AvgIpc) is 2.29. The molecule has 0 aromatic carbocycles. The van der Waals surface area contributed by atoms with E-state index in [1.54, 1.807) is 0 Å². The second kappa shape index (κ2) is 6.83. The highest BCUT2D eigenvalue weighted by molar-refractivity contribution is 5.86. The zero-order valence-corrected chi connectivity index (χ0v) is 9.96. The van der Waals surface area contributed by atoms with E-state index in [0.29, 0.717) is 45.8 Å². The highest BCUT2D eigenvalue weighted by Crippen LogP contribution is 2.17. The van der Waals surface area contributed by atoms with Crippen LogP contribution >= 0.6 is 0 Å². The summed E-state index contributed by atoms with van der Waals surface area (Å²) in [5.74, 6) is -0.0627. The van der Waals surface area contributed by atoms with Gasteiger partial charge in [0.25, 0.3) is 0 Å². The van der Waals surface area contributed by atoms with E-state index in [1.165, 1.54) is 0 Å². The normalized spacial score (nSPS) is 19.4. The van der Waals surface area contributed by atoms with Crippen LogP contribution in [0.1, 0.15) is 26.2 Å². The minimum absolute atomic E-state index is 0.0627. The standard InChI is InChI=1S/C11H22N2O3/c1-2-15-7-3-6-13-10(14)11(12)4-8-16-9-5-11/h2-9,12H2,1H3,(H,13,14). The summed E-state index contributed by atoms with van der Waals surface area (Å²) in [7, 11) is 0. The van der Waals surface area contributed by atoms with Crippen LogP contribution in [0.2, 0.25) is 0 Å². The molecule has 5 heteroatoms. The highest BCUT2D eigenvalue weighted by Gasteiger charge is 2.35. The van der Waals surface area contributed by atoms with E-state index >= 15 is 0 Å². The minimum Gasteiger partial charge on any atom is -0.382 e. The molecule has 0 unspecified atom stereocenters. The van der Waals surface area contributed by atoms with Crippen molar-refractivity contribution in [2.45, 2.75) is 31.7 Å². The van der Waals surface area contributed by atoms with Crippen LogP contribution in [0.25, 0.3) is 0 Å². The zero-order valence-electron chi connectivity index (χ0n) is 9.96. The van der Waals surface area contributed by atoms with Crippen molar-refractivity contribution < 1.29 is 14.3 Å². The van der Waals surface area contributed by atoms with Gasteiger partial charge in [0.15, 0.2) is 0 Å². The summed E-state index contributed by atoms with van der Waals surface area (Å²) in [6.45, 7) is 5.11. The van der Waals surface area contributed by atoms with Crippen LogP contribution in [-0.4, -0.2) is 44.4 Å². The Kier molecular flexibility index (Phi) is 5.73. The Balaban J connectivity index is 2.18. The van der Waals surface area contributed by atoms with Gasteiger partial charge < -0.3 is 20.5 Å². The van der Waals surface area contributed by atoms with Gasteiger partial charge in [0, 0.05) is 33.0 Å². The lowest BCUT2D eigenvalue weighted by Gasteiger charge is -2.31. The van der Waals surface area contributed by atoms with E-state index in [9.17, 15) is 4.79 Å². The largest absolute Gasteiger partial charge is 0.382 e. The van der Waals surface area contributed by atoms with E-state index in [1.807, 2.05) is 6.92 Å². The summed E-state index contributed by atoms with van der Waals surface area (Å²) in [6, 6.07) is 0. The molecule has 94 valence electrons. The van der Waals surface area contributed by atoms with Gasteiger partial charge in [0.2, 0.25) is 5.91 Å². The third-order valence-corrected chi connectivity index (χ3v) is 2.79. The quantitative estimate of drug-likeness (QED) is 0.632. The van der Waals surface area contributed by atoms with Crippen molar-refractivity contribution in [3.05, 3.63) is 0 Å². The molecule has 0 aliphatic carbocycles. The first-order chi connectivity index (χ1) is 7.69. The number of hydrogen-bond acceptors (Lipinski definition) is 4. The Labute approximate surface area is 96.7 Å². The molecule has 0 spiro atoms. The maximum absolute atomic E-state index is 11.8. The summed E-state index contributed by atoms with van der Waals surface area (Å²) in [4.78, 5) is 11.8. The lowest BCUT2D eigenvalue weighted by Crippen LogP contribution is -2.57. The molecule has 1 amide bonds. The van der Waals surface area contributed by atoms with Crippen LogP contribution in [0, 0.1) is 0 Å². The summed E-state index contributed by atoms with van der Waals surface area (Å²) < 4.78 is 10.4. The lowest BCUT2D eigenvalue weighted by molar-refractivity contribution is -0.129. The third-order valence-electron chi connectivity index (χ3n) is 2.79. The molecule has 1 aliphatic rings. The van der Waals surface area contributed by atoms with Crippen molar-refractivity contribution >= 4 is 5.91 Å². The maximum Gasteiger partial charge on any atom is 0.240 e. The van der Waals surface area contributed by atoms with Gasteiger partial charge in [-0.25, -0.2) is 0 Å². The summed E-state index contributed by atoms with van der Waals surface area (Å²) in [5, 5.41) is 2.85. The van der Waals surface area contributed by atoms with Crippen LogP contribution in [0.5, 0.6) is 0 Å². The Hall–Kier alpha value is -0.650. The number of nitrogens with two attached hydrogens (primary N) is 1. The van der Waals surface area contributed by atoms with E-state index in [4.69, 9.17) is 15.2 Å². The molecule has 16 heavy (non-hydrogen) atoms. The van der Waals surface area contributed by atoms with Crippen LogP contribution in [-0.2, 0) is 14.3 Å². The fourth-order valence-electron chi connectivity index (χ4n) is 1.66. The predicted octanol–water partition coefficient (Wildman–Crippen LogP) is 0.0371. The van der Waals surface area contributed by atoms with E-state index in [2.05, 4.69) is 5.32 Å². The first-order valence-electron chi connectivity index (χ1n) is 5.92. The van der Waals surface area contributed by atoms with Crippen molar-refractivity contribution in [2.24, 2.45) is 5.73 Å². The Morgan fingerprint density at radius 1 is 1.50 bits per heavy atom. The predicted molar refractivity (Wildman–Crippen MR) is 61.1 cm³/mol. The van der Waals surface area contributed by atoms with Crippen molar-refractivity contribution in [1.82, 2.24) is 5.32 Å². The first kappa shape index (κ1) is 13.4. The number of carbonyl (C=O) groups is 1. The smallest absolute Gasteiger partial charge is 0.240 e. The Morgan fingerprint density at radius 2 is 2.19 bits per heavy atom. The Morgan fingerprint density at radius 3 is 2.81 bits per heavy atom. The topological polar surface area (TPSA) is 73.6 Å². The lowest BCUT2D eigenvalue weighted by atomic mass is 9.90. The number of rotatable bonds is 6. The molecule has 1 saturated heterocycles. The molecule has 0 radical (unpaired) electrons. The zero-order chi connectivity index (χ0) is 11.9. The third kappa shape index (κ3) is 4.08. The Bertz CT molecular complexity index is 215. The molecular weight excluding hydrogens is 208 g/mol. The van der Waals surface area contributed by atoms with Crippen LogP contribution in [0.4, 0.5) is 0 Å². The molecule has 1 fully saturated rings. The number of ether oxygens (including phenoxy) is 2. The second-order valence-electron chi connectivity index (χ2n) is 4.07. The molecule has 0 saturated carbocycles. The van der Waals surface area contributed by atoms with Gasteiger partial charge in [-0.15, -0.1) is 0 Å². The van der Waals surface area contributed by atoms with Crippen molar-refractivity contribution in [2.75, 3.05) is 33.0 Å². The van der Waals surface area contributed by atoms with E-state index in [-0.39, 0.29) is 5.91 Å². The van der Waals surface area contributed by atoms with Crippen molar-refractivity contribution in [3.8, 4) is 0 Å². The van der Waals surface area contributed by atoms with Gasteiger partial charge in [0.05, 0.1) is 5.54 Å². The summed E-state index contributed by atoms with van der Waals surface area (Å²) >= 11 is 0. The van der Waals surface area contributed by atoms with Crippen LogP contribution in [0.15, 0.2) is 0 Å². The van der Waals surface area contributed by atoms with Gasteiger partial charge in [-0.05, 0) is 26.2 Å². The molecular formula is C11H22N2O3. The molecule has 0 aromatic heterocycles. The first-order valence-corrected chi connectivity index (χ1v) is 5.92. The van der Waals surface area contributed by atoms with Gasteiger partial charge in [0.1, 0.15) is 0 Å². The molecule has 0 bridgehead atoms. The van der Waals surface area contributed by atoms with Gasteiger partial charge in [-0.1, -0.05) is 0 Å². The van der Waals surface area contributed by atoms with E-state index in [0.717, 1.165) is 6.42 Å². The molecule has 0 aromatic rings.